The average Bonchev–Trinajstić information content (AvgIpc) is 2.83. The fraction of sp³-hybridized carbons (Fsp3) is 0.526. The molecule has 0 unspecified atom stereocenters. The summed E-state index contributed by atoms with van der Waals surface area (Å²) in [6.45, 7) is 4.44. The Bertz CT molecular complexity index is 782. The minimum absolute atomic E-state index is 0.0861. The predicted molar refractivity (Wildman–Crippen MR) is 93.7 cm³/mol. The largest absolute Gasteiger partial charge is 0.243 e. The molecule has 1 aliphatic heterocycles. The lowest BCUT2D eigenvalue weighted by Crippen LogP contribution is -2.49. The van der Waals surface area contributed by atoms with Gasteiger partial charge in [-0.25, -0.2) is 8.42 Å². The molecule has 0 bridgehead atoms. The van der Waals surface area contributed by atoms with Crippen LogP contribution in [-0.4, -0.2) is 24.8 Å². The maximum absolute atomic E-state index is 13.3. The molecule has 24 heavy (non-hydrogen) atoms. The van der Waals surface area contributed by atoms with Crippen molar-refractivity contribution in [2.75, 3.05) is 6.54 Å². The van der Waals surface area contributed by atoms with E-state index in [1.165, 1.54) is 0 Å². The number of allylic oxidation sites excluding steroid dienone is 1. The Labute approximate surface area is 144 Å². The third-order valence-corrected chi connectivity index (χ3v) is 7.44. The maximum atomic E-state index is 13.3. The summed E-state index contributed by atoms with van der Waals surface area (Å²) in [7, 11) is -3.56. The first kappa shape index (κ1) is 17.2. The molecule has 128 valence electrons. The van der Waals surface area contributed by atoms with E-state index in [1.54, 1.807) is 22.5 Å². The second-order valence-electron chi connectivity index (χ2n) is 7.07. The zero-order valence-electron chi connectivity index (χ0n) is 14.3. The highest BCUT2D eigenvalue weighted by Gasteiger charge is 2.53. The smallest absolute Gasteiger partial charge is 0.207 e. The SMILES string of the molecule is Cc1ccc(S(=O)(=O)N2C[C@H](C)/C(=C/C#N)C23CCCCC3)cc1. The fourth-order valence-electron chi connectivity index (χ4n) is 4.31. The van der Waals surface area contributed by atoms with Crippen LogP contribution in [0.25, 0.3) is 0 Å². The molecular formula is C19H24N2O2S. The summed E-state index contributed by atoms with van der Waals surface area (Å²) in [4.78, 5) is 0.350. The molecule has 0 radical (unpaired) electrons. The molecule has 1 spiro atoms. The highest BCUT2D eigenvalue weighted by molar-refractivity contribution is 7.89. The van der Waals surface area contributed by atoms with E-state index in [4.69, 9.17) is 0 Å². The van der Waals surface area contributed by atoms with E-state index in [9.17, 15) is 13.7 Å². The van der Waals surface area contributed by atoms with Gasteiger partial charge < -0.3 is 0 Å². The average molecular weight is 344 g/mol. The van der Waals surface area contributed by atoms with E-state index in [1.807, 2.05) is 26.0 Å². The maximum Gasteiger partial charge on any atom is 0.243 e. The van der Waals surface area contributed by atoms with Crippen molar-refractivity contribution in [3.05, 3.63) is 41.5 Å². The molecule has 3 rings (SSSR count). The van der Waals surface area contributed by atoms with E-state index in [2.05, 4.69) is 6.07 Å². The van der Waals surface area contributed by atoms with Crippen LogP contribution in [0, 0.1) is 24.2 Å². The number of benzene rings is 1. The first-order valence-corrected chi connectivity index (χ1v) is 10.1. The van der Waals surface area contributed by atoms with Crippen LogP contribution in [0.3, 0.4) is 0 Å². The van der Waals surface area contributed by atoms with E-state index in [0.717, 1.165) is 43.2 Å². The number of hydrogen-bond donors (Lipinski definition) is 0. The van der Waals surface area contributed by atoms with Gasteiger partial charge in [0.05, 0.1) is 16.5 Å². The summed E-state index contributed by atoms with van der Waals surface area (Å²) >= 11 is 0. The normalized spacial score (nSPS) is 25.9. The molecule has 1 aromatic carbocycles. The van der Waals surface area contributed by atoms with Crippen molar-refractivity contribution in [2.24, 2.45) is 5.92 Å². The molecule has 1 aliphatic carbocycles. The number of nitrogens with zero attached hydrogens (tertiary/aromatic N) is 2. The van der Waals surface area contributed by atoms with Gasteiger partial charge in [-0.1, -0.05) is 43.9 Å². The topological polar surface area (TPSA) is 61.2 Å². The van der Waals surface area contributed by atoms with E-state index >= 15 is 0 Å². The Kier molecular flexibility index (Phi) is 4.54. The van der Waals surface area contributed by atoms with Crippen LogP contribution in [-0.2, 0) is 10.0 Å². The third-order valence-electron chi connectivity index (χ3n) is 5.50. The summed E-state index contributed by atoms with van der Waals surface area (Å²) in [5, 5.41) is 9.20. The van der Waals surface area contributed by atoms with Gasteiger partial charge in [-0.3, -0.25) is 0 Å². The highest BCUT2D eigenvalue weighted by Crippen LogP contribution is 2.49. The van der Waals surface area contributed by atoms with Gasteiger partial charge in [-0.15, -0.1) is 0 Å². The summed E-state index contributed by atoms with van der Waals surface area (Å²) in [6.07, 6.45) is 6.38. The van der Waals surface area contributed by atoms with Crippen molar-refractivity contribution >= 4 is 10.0 Å². The van der Waals surface area contributed by atoms with Crippen LogP contribution in [0.2, 0.25) is 0 Å². The number of rotatable bonds is 2. The predicted octanol–water partition coefficient (Wildman–Crippen LogP) is 3.79. The first-order chi connectivity index (χ1) is 11.4. The fourth-order valence-corrected chi connectivity index (χ4v) is 6.21. The molecular weight excluding hydrogens is 320 g/mol. The molecule has 5 heteroatoms. The Morgan fingerprint density at radius 3 is 2.42 bits per heavy atom. The Hall–Kier alpha value is -1.64. The van der Waals surface area contributed by atoms with Crippen molar-refractivity contribution in [1.29, 1.82) is 5.26 Å². The zero-order chi connectivity index (χ0) is 17.4. The van der Waals surface area contributed by atoms with Crippen molar-refractivity contribution in [1.82, 2.24) is 4.31 Å². The minimum atomic E-state index is -3.56. The second kappa shape index (κ2) is 6.34. The lowest BCUT2D eigenvalue weighted by molar-refractivity contribution is 0.203. The number of aryl methyl sites for hydroxylation is 1. The van der Waals surface area contributed by atoms with Crippen LogP contribution in [0.15, 0.2) is 40.8 Å². The molecule has 2 aliphatic rings. The van der Waals surface area contributed by atoms with Crippen LogP contribution < -0.4 is 0 Å². The molecule has 0 N–H and O–H groups in total. The van der Waals surface area contributed by atoms with Gasteiger partial charge in [0, 0.05) is 12.6 Å². The summed E-state index contributed by atoms with van der Waals surface area (Å²) in [6, 6.07) is 9.21. The molecule has 4 nitrogen and oxygen atoms in total. The number of nitriles is 1. The minimum Gasteiger partial charge on any atom is -0.207 e. The third kappa shape index (κ3) is 2.68. The lowest BCUT2D eigenvalue weighted by atomic mass is 9.75. The van der Waals surface area contributed by atoms with Crippen molar-refractivity contribution in [2.45, 2.75) is 56.4 Å². The van der Waals surface area contributed by atoms with Crippen LogP contribution in [0.5, 0.6) is 0 Å². The lowest BCUT2D eigenvalue weighted by Gasteiger charge is -2.41. The molecule has 0 amide bonds. The second-order valence-corrected chi connectivity index (χ2v) is 8.93. The summed E-state index contributed by atoms with van der Waals surface area (Å²) < 4.78 is 28.4. The highest BCUT2D eigenvalue weighted by atomic mass is 32.2. The van der Waals surface area contributed by atoms with E-state index in [0.29, 0.717) is 11.4 Å². The Balaban J connectivity index is 2.10. The van der Waals surface area contributed by atoms with Crippen molar-refractivity contribution < 1.29 is 8.42 Å². The molecule has 1 saturated carbocycles. The van der Waals surface area contributed by atoms with Gasteiger partial charge in [0.1, 0.15) is 0 Å². The van der Waals surface area contributed by atoms with Gasteiger partial charge >= 0.3 is 0 Å². The van der Waals surface area contributed by atoms with Crippen LogP contribution >= 0.6 is 0 Å². The molecule has 1 heterocycles. The molecule has 0 aromatic heterocycles. The standard InChI is InChI=1S/C19H24N2O2S/c1-15-6-8-17(9-7-15)24(22,23)21-14-16(2)18(10-13-20)19(21)11-4-3-5-12-19/h6-10,16H,3-5,11-12,14H2,1-2H3/b18-10-/t16-/m0/s1. The van der Waals surface area contributed by atoms with E-state index < -0.39 is 15.6 Å². The van der Waals surface area contributed by atoms with Gasteiger partial charge in [0.25, 0.3) is 0 Å². The Morgan fingerprint density at radius 2 is 1.83 bits per heavy atom. The van der Waals surface area contributed by atoms with Crippen molar-refractivity contribution in [3.8, 4) is 6.07 Å². The molecule has 2 fully saturated rings. The number of hydrogen-bond acceptors (Lipinski definition) is 3. The van der Waals surface area contributed by atoms with E-state index in [-0.39, 0.29) is 5.92 Å². The van der Waals surface area contributed by atoms with Gasteiger partial charge in [0.2, 0.25) is 10.0 Å². The first-order valence-electron chi connectivity index (χ1n) is 8.61. The van der Waals surface area contributed by atoms with Crippen LogP contribution in [0.1, 0.15) is 44.6 Å². The van der Waals surface area contributed by atoms with Gasteiger partial charge in [0.15, 0.2) is 0 Å². The van der Waals surface area contributed by atoms with Crippen molar-refractivity contribution in [3.63, 3.8) is 0 Å². The quantitative estimate of drug-likeness (QED) is 0.767. The van der Waals surface area contributed by atoms with Gasteiger partial charge in [-0.2, -0.15) is 9.57 Å². The zero-order valence-corrected chi connectivity index (χ0v) is 15.1. The monoisotopic (exact) mass is 344 g/mol. The molecule has 1 aromatic rings. The van der Waals surface area contributed by atoms with Gasteiger partial charge in [-0.05, 0) is 43.4 Å². The Morgan fingerprint density at radius 1 is 1.21 bits per heavy atom. The number of sulfonamides is 1. The molecule has 1 atom stereocenters. The summed E-state index contributed by atoms with van der Waals surface area (Å²) in [5.74, 6) is 0.0861. The molecule has 1 saturated heterocycles. The summed E-state index contributed by atoms with van der Waals surface area (Å²) in [5.41, 5.74) is 1.54. The van der Waals surface area contributed by atoms with Crippen LogP contribution in [0.4, 0.5) is 0 Å².